The highest BCUT2D eigenvalue weighted by molar-refractivity contribution is 7.14. The van der Waals surface area contributed by atoms with E-state index in [1.54, 1.807) is 5.38 Å². The number of carbonyl (C=O) groups is 2. The number of ether oxygens (including phenoxy) is 1. The summed E-state index contributed by atoms with van der Waals surface area (Å²) in [5, 5.41) is 4.65. The Balaban J connectivity index is 1.98. The largest absolute Gasteiger partial charge is 0.483 e. The number of para-hydroxylation sites is 1. The molecule has 0 saturated carbocycles. The van der Waals surface area contributed by atoms with E-state index >= 15 is 0 Å². The molecule has 0 saturated heterocycles. The molecule has 1 aromatic heterocycles. The topological polar surface area (TPSA) is 68.3 Å². The summed E-state index contributed by atoms with van der Waals surface area (Å²) in [5.74, 6) is 0.258. The maximum atomic E-state index is 12.0. The molecule has 0 aliphatic heterocycles. The van der Waals surface area contributed by atoms with E-state index < -0.39 is 0 Å². The van der Waals surface area contributed by atoms with Crippen LogP contribution in [0.15, 0.2) is 29.6 Å². The molecule has 0 aliphatic rings. The summed E-state index contributed by atoms with van der Waals surface area (Å²) in [6.45, 7) is 7.60. The van der Waals surface area contributed by atoms with E-state index in [9.17, 15) is 9.59 Å². The van der Waals surface area contributed by atoms with E-state index in [4.69, 9.17) is 4.74 Å². The van der Waals surface area contributed by atoms with Crippen molar-refractivity contribution in [3.8, 4) is 5.75 Å². The molecule has 5 nitrogen and oxygen atoms in total. The molecule has 23 heavy (non-hydrogen) atoms. The van der Waals surface area contributed by atoms with Gasteiger partial charge in [-0.05, 0) is 17.0 Å². The second-order valence-electron chi connectivity index (χ2n) is 6.18. The number of hydrogen-bond donors (Lipinski definition) is 1. The Morgan fingerprint density at radius 2 is 1.96 bits per heavy atom. The Labute approximate surface area is 139 Å². The average Bonchev–Trinajstić information content (AvgIpc) is 2.93. The number of carbonyl (C=O) groups excluding carboxylic acids is 2. The number of nitrogens with one attached hydrogen (secondary N) is 1. The van der Waals surface area contributed by atoms with Gasteiger partial charge < -0.3 is 4.74 Å². The first-order chi connectivity index (χ1) is 10.8. The lowest BCUT2D eigenvalue weighted by Crippen LogP contribution is -2.22. The summed E-state index contributed by atoms with van der Waals surface area (Å²) in [7, 11) is 0. The standard InChI is InChI=1S/C17H20N2O3S/c1-11(20)13-10-23-16(18-13)19-15(21)9-22-14-8-6-5-7-12(14)17(2,3)4/h5-8,10H,9H2,1-4H3,(H,18,19,21). The van der Waals surface area contributed by atoms with Gasteiger partial charge in [0.1, 0.15) is 11.4 Å². The number of benzene rings is 1. The summed E-state index contributed by atoms with van der Waals surface area (Å²) in [6, 6.07) is 7.67. The number of Topliss-reactive ketones (excluding diaryl/α,β-unsaturated/α-hetero) is 1. The monoisotopic (exact) mass is 332 g/mol. The molecule has 1 aromatic carbocycles. The van der Waals surface area contributed by atoms with Gasteiger partial charge in [-0.25, -0.2) is 4.98 Å². The van der Waals surface area contributed by atoms with Crippen molar-refractivity contribution in [1.82, 2.24) is 4.98 Å². The molecule has 1 amide bonds. The third-order valence-electron chi connectivity index (χ3n) is 3.17. The Morgan fingerprint density at radius 3 is 2.57 bits per heavy atom. The minimum absolute atomic E-state index is 0.0707. The smallest absolute Gasteiger partial charge is 0.264 e. The van der Waals surface area contributed by atoms with Crippen molar-refractivity contribution in [1.29, 1.82) is 0 Å². The molecule has 0 atom stereocenters. The van der Waals surface area contributed by atoms with Crippen LogP contribution in [0.4, 0.5) is 5.13 Å². The summed E-state index contributed by atoms with van der Waals surface area (Å²) in [4.78, 5) is 27.2. The fourth-order valence-corrected chi connectivity index (χ4v) is 2.77. The van der Waals surface area contributed by atoms with E-state index in [0.29, 0.717) is 16.6 Å². The number of aromatic nitrogens is 1. The summed E-state index contributed by atoms with van der Waals surface area (Å²) in [5.41, 5.74) is 1.32. The first-order valence-corrected chi connectivity index (χ1v) is 8.14. The lowest BCUT2D eigenvalue weighted by Gasteiger charge is -2.22. The molecule has 0 unspecified atom stereocenters. The van der Waals surface area contributed by atoms with Gasteiger partial charge in [-0.1, -0.05) is 39.0 Å². The van der Waals surface area contributed by atoms with E-state index in [2.05, 4.69) is 31.1 Å². The fraction of sp³-hybridized carbons (Fsp3) is 0.353. The normalized spacial score (nSPS) is 11.1. The lowest BCUT2D eigenvalue weighted by atomic mass is 9.86. The molecule has 1 heterocycles. The van der Waals surface area contributed by atoms with Gasteiger partial charge in [0.25, 0.3) is 5.91 Å². The van der Waals surface area contributed by atoms with Crippen LogP contribution in [-0.4, -0.2) is 23.3 Å². The quantitative estimate of drug-likeness (QED) is 0.849. The highest BCUT2D eigenvalue weighted by Crippen LogP contribution is 2.30. The minimum atomic E-state index is -0.307. The number of rotatable bonds is 5. The van der Waals surface area contributed by atoms with Crippen molar-refractivity contribution >= 4 is 28.2 Å². The maximum Gasteiger partial charge on any atom is 0.264 e. The Morgan fingerprint density at radius 1 is 1.26 bits per heavy atom. The van der Waals surface area contributed by atoms with Crippen LogP contribution in [-0.2, 0) is 10.2 Å². The van der Waals surface area contributed by atoms with Gasteiger partial charge in [-0.2, -0.15) is 0 Å². The molecule has 2 aromatic rings. The SMILES string of the molecule is CC(=O)c1csc(NC(=O)COc2ccccc2C(C)(C)C)n1. The maximum absolute atomic E-state index is 12.0. The molecular formula is C17H20N2O3S. The van der Waals surface area contributed by atoms with Crippen molar-refractivity contribution in [3.05, 3.63) is 40.9 Å². The number of thiazole rings is 1. The molecule has 122 valence electrons. The number of hydrogen-bond acceptors (Lipinski definition) is 5. The van der Waals surface area contributed by atoms with Gasteiger partial charge in [0, 0.05) is 12.3 Å². The van der Waals surface area contributed by atoms with Crippen LogP contribution in [0.3, 0.4) is 0 Å². The van der Waals surface area contributed by atoms with Crippen LogP contribution in [0.2, 0.25) is 0 Å². The summed E-state index contributed by atoms with van der Waals surface area (Å²) < 4.78 is 5.65. The zero-order chi connectivity index (χ0) is 17.0. The first kappa shape index (κ1) is 17.1. The van der Waals surface area contributed by atoms with Gasteiger partial charge in [-0.15, -0.1) is 11.3 Å². The predicted molar refractivity (Wildman–Crippen MR) is 91.4 cm³/mol. The van der Waals surface area contributed by atoms with Gasteiger partial charge >= 0.3 is 0 Å². The number of amides is 1. The van der Waals surface area contributed by atoms with E-state index in [-0.39, 0.29) is 23.7 Å². The molecule has 0 bridgehead atoms. The van der Waals surface area contributed by atoms with Crippen molar-refractivity contribution in [2.45, 2.75) is 33.1 Å². The highest BCUT2D eigenvalue weighted by atomic mass is 32.1. The second-order valence-corrected chi connectivity index (χ2v) is 7.04. The molecule has 1 N–H and O–H groups in total. The third kappa shape index (κ3) is 4.63. The molecule has 2 rings (SSSR count). The van der Waals surface area contributed by atoms with Crippen LogP contribution >= 0.6 is 11.3 Å². The lowest BCUT2D eigenvalue weighted by molar-refractivity contribution is -0.118. The van der Waals surface area contributed by atoms with Gasteiger partial charge in [0.2, 0.25) is 0 Å². The van der Waals surface area contributed by atoms with Crippen molar-refractivity contribution < 1.29 is 14.3 Å². The second kappa shape index (κ2) is 6.91. The van der Waals surface area contributed by atoms with Crippen LogP contribution in [0.1, 0.15) is 43.7 Å². The fourth-order valence-electron chi connectivity index (χ4n) is 2.00. The summed E-state index contributed by atoms with van der Waals surface area (Å²) >= 11 is 1.22. The van der Waals surface area contributed by atoms with Crippen LogP contribution < -0.4 is 10.1 Å². The van der Waals surface area contributed by atoms with Crippen molar-refractivity contribution in [2.75, 3.05) is 11.9 Å². The zero-order valence-electron chi connectivity index (χ0n) is 13.7. The van der Waals surface area contributed by atoms with Gasteiger partial charge in [0.15, 0.2) is 17.5 Å². The van der Waals surface area contributed by atoms with E-state index in [1.165, 1.54) is 18.3 Å². The van der Waals surface area contributed by atoms with Crippen LogP contribution in [0.25, 0.3) is 0 Å². The molecule has 0 fully saturated rings. The number of nitrogens with zero attached hydrogens (tertiary/aromatic N) is 1. The summed E-state index contributed by atoms with van der Waals surface area (Å²) in [6.07, 6.45) is 0. The average molecular weight is 332 g/mol. The predicted octanol–water partition coefficient (Wildman–Crippen LogP) is 3.66. The van der Waals surface area contributed by atoms with Crippen molar-refractivity contribution in [3.63, 3.8) is 0 Å². The van der Waals surface area contributed by atoms with Crippen LogP contribution in [0.5, 0.6) is 5.75 Å². The van der Waals surface area contributed by atoms with Gasteiger partial charge in [0.05, 0.1) is 0 Å². The first-order valence-electron chi connectivity index (χ1n) is 7.26. The Bertz CT molecular complexity index is 717. The van der Waals surface area contributed by atoms with Crippen molar-refractivity contribution in [2.24, 2.45) is 0 Å². The molecule has 6 heteroatoms. The Kier molecular flexibility index (Phi) is 5.15. The highest BCUT2D eigenvalue weighted by Gasteiger charge is 2.19. The Hall–Kier alpha value is -2.21. The molecule has 0 radical (unpaired) electrons. The van der Waals surface area contributed by atoms with E-state index in [1.807, 2.05) is 24.3 Å². The molecule has 0 spiro atoms. The number of anilines is 1. The number of ketones is 1. The van der Waals surface area contributed by atoms with Gasteiger partial charge in [-0.3, -0.25) is 14.9 Å². The molecular weight excluding hydrogens is 312 g/mol. The van der Waals surface area contributed by atoms with E-state index in [0.717, 1.165) is 5.56 Å². The zero-order valence-corrected chi connectivity index (χ0v) is 14.5. The molecule has 0 aliphatic carbocycles. The van der Waals surface area contributed by atoms with Crippen LogP contribution in [0, 0.1) is 0 Å². The minimum Gasteiger partial charge on any atom is -0.483 e. The third-order valence-corrected chi connectivity index (χ3v) is 3.92.